The Bertz CT molecular complexity index is 888. The maximum Gasteiger partial charge on any atom is 0.341 e. The van der Waals surface area contributed by atoms with Gasteiger partial charge in [0.25, 0.3) is 0 Å². The van der Waals surface area contributed by atoms with Crippen molar-refractivity contribution in [3.05, 3.63) is 59.7 Å². The number of esters is 1. The van der Waals surface area contributed by atoms with Crippen LogP contribution < -0.4 is 10.1 Å². The lowest BCUT2D eigenvalue weighted by Crippen LogP contribution is -2.42. The number of rotatable bonds is 8. The molecule has 0 radical (unpaired) electrons. The smallest absolute Gasteiger partial charge is 0.341 e. The van der Waals surface area contributed by atoms with Crippen LogP contribution in [0, 0.1) is 0 Å². The van der Waals surface area contributed by atoms with E-state index in [9.17, 15) is 9.59 Å². The van der Waals surface area contributed by atoms with Gasteiger partial charge in [-0.15, -0.1) is 0 Å². The minimum absolute atomic E-state index is 0.0243. The fourth-order valence-electron chi connectivity index (χ4n) is 4.19. The third-order valence-electron chi connectivity index (χ3n) is 6.10. The van der Waals surface area contributed by atoms with Crippen LogP contribution in [0.5, 0.6) is 5.75 Å². The van der Waals surface area contributed by atoms with Crippen molar-refractivity contribution in [1.82, 2.24) is 0 Å². The predicted octanol–water partition coefficient (Wildman–Crippen LogP) is 5.88. The molecule has 0 unspecified atom stereocenters. The molecule has 0 spiro atoms. The number of hydrogen-bond donors (Lipinski definition) is 1. The van der Waals surface area contributed by atoms with Crippen LogP contribution in [0.4, 0.5) is 5.69 Å². The Morgan fingerprint density at radius 2 is 1.74 bits per heavy atom. The molecule has 1 N–H and O–H groups in total. The monoisotopic (exact) mass is 423 g/mol. The average molecular weight is 424 g/mol. The highest BCUT2D eigenvalue weighted by Gasteiger charge is 2.41. The summed E-state index contributed by atoms with van der Waals surface area (Å²) in [6, 6.07) is 15.2. The molecule has 1 atom stereocenters. The zero-order chi connectivity index (χ0) is 22.3. The van der Waals surface area contributed by atoms with E-state index < -0.39 is 11.4 Å². The van der Waals surface area contributed by atoms with Crippen molar-refractivity contribution in [2.75, 3.05) is 11.9 Å². The molecule has 5 nitrogen and oxygen atoms in total. The molecule has 0 saturated heterocycles. The van der Waals surface area contributed by atoms with Gasteiger partial charge >= 0.3 is 5.97 Å². The predicted molar refractivity (Wildman–Crippen MR) is 123 cm³/mol. The van der Waals surface area contributed by atoms with Crippen LogP contribution >= 0.6 is 0 Å². The largest absolute Gasteiger partial charge is 0.490 e. The number of ether oxygens (including phenoxy) is 2. The van der Waals surface area contributed by atoms with Gasteiger partial charge in [0, 0.05) is 5.69 Å². The van der Waals surface area contributed by atoms with Gasteiger partial charge < -0.3 is 14.8 Å². The lowest BCUT2D eigenvalue weighted by molar-refractivity contribution is -0.122. The Morgan fingerprint density at radius 3 is 2.39 bits per heavy atom. The summed E-state index contributed by atoms with van der Waals surface area (Å²) in [6.07, 6.45) is 5.63. The van der Waals surface area contributed by atoms with Crippen molar-refractivity contribution in [2.45, 2.75) is 70.8 Å². The van der Waals surface area contributed by atoms with E-state index in [4.69, 9.17) is 9.47 Å². The maximum absolute atomic E-state index is 13.5. The number of carbonyl (C=O) groups is 2. The van der Waals surface area contributed by atoms with Gasteiger partial charge in [0.05, 0.1) is 18.1 Å². The van der Waals surface area contributed by atoms with E-state index in [0.29, 0.717) is 17.0 Å². The summed E-state index contributed by atoms with van der Waals surface area (Å²) in [7, 11) is 0. The molecule has 0 aromatic heterocycles. The van der Waals surface area contributed by atoms with Crippen LogP contribution in [0.3, 0.4) is 0 Å². The highest BCUT2D eigenvalue weighted by Crippen LogP contribution is 2.40. The minimum Gasteiger partial charge on any atom is -0.490 e. The van der Waals surface area contributed by atoms with Crippen molar-refractivity contribution >= 4 is 17.6 Å². The second kappa shape index (κ2) is 10.5. The Hall–Kier alpha value is -2.82. The van der Waals surface area contributed by atoms with Crippen molar-refractivity contribution in [2.24, 2.45) is 0 Å². The first-order valence-electron chi connectivity index (χ1n) is 11.3. The fourth-order valence-corrected chi connectivity index (χ4v) is 4.19. The molecule has 2 aromatic carbocycles. The molecule has 31 heavy (non-hydrogen) atoms. The molecule has 0 aliphatic heterocycles. The van der Waals surface area contributed by atoms with E-state index in [1.54, 1.807) is 25.1 Å². The van der Waals surface area contributed by atoms with Gasteiger partial charge in [0.2, 0.25) is 5.91 Å². The van der Waals surface area contributed by atoms with Crippen molar-refractivity contribution in [3.8, 4) is 5.75 Å². The lowest BCUT2D eigenvalue weighted by atomic mass is 9.68. The highest BCUT2D eigenvalue weighted by molar-refractivity contribution is 6.01. The number of amides is 1. The molecule has 1 aliphatic rings. The average Bonchev–Trinajstić information content (AvgIpc) is 2.81. The fraction of sp³-hybridized carbons (Fsp3) is 0.462. The first-order valence-corrected chi connectivity index (χ1v) is 11.3. The molecule has 2 aromatic rings. The minimum atomic E-state index is -0.546. The quantitative estimate of drug-likeness (QED) is 0.538. The molecule has 166 valence electrons. The Labute approximate surface area is 185 Å². The van der Waals surface area contributed by atoms with Crippen LogP contribution in [0.2, 0.25) is 0 Å². The summed E-state index contributed by atoms with van der Waals surface area (Å²) in [4.78, 5) is 26.1. The van der Waals surface area contributed by atoms with Crippen LogP contribution in [0.15, 0.2) is 48.5 Å². The molecule has 5 heteroatoms. The molecule has 0 heterocycles. The van der Waals surface area contributed by atoms with Gasteiger partial charge in [-0.3, -0.25) is 4.79 Å². The molecule has 3 rings (SSSR count). The van der Waals surface area contributed by atoms with Gasteiger partial charge in [-0.2, -0.15) is 0 Å². The molecule has 1 amide bonds. The van der Waals surface area contributed by atoms with Gasteiger partial charge in [-0.05, 0) is 56.9 Å². The van der Waals surface area contributed by atoms with Gasteiger partial charge in [-0.1, -0.05) is 56.5 Å². The SMILES string of the molecule is CCOC(=O)c1cc(NC(=O)C2(c3ccccc3)CCCCC2)ccc1O[C@H](C)CC. The van der Waals surface area contributed by atoms with E-state index in [1.165, 1.54) is 0 Å². The lowest BCUT2D eigenvalue weighted by Gasteiger charge is -2.36. The zero-order valence-corrected chi connectivity index (χ0v) is 18.8. The first kappa shape index (κ1) is 22.9. The van der Waals surface area contributed by atoms with E-state index in [-0.39, 0.29) is 18.6 Å². The standard InChI is InChI=1S/C26H33NO4/c1-4-19(3)31-23-15-14-21(18-22(23)24(28)30-5-2)27-25(29)26(16-10-7-11-17-26)20-12-8-6-9-13-20/h6,8-9,12-15,18-19H,4-5,7,10-11,16-17H2,1-3H3,(H,27,29)/t19-/m1/s1. The summed E-state index contributed by atoms with van der Waals surface area (Å²) in [5.41, 5.74) is 1.41. The molecule has 1 saturated carbocycles. The third kappa shape index (κ3) is 5.27. The maximum atomic E-state index is 13.5. The van der Waals surface area contributed by atoms with E-state index in [0.717, 1.165) is 44.1 Å². The second-order valence-corrected chi connectivity index (χ2v) is 8.23. The second-order valence-electron chi connectivity index (χ2n) is 8.23. The van der Waals surface area contributed by atoms with Gasteiger partial charge in [-0.25, -0.2) is 4.79 Å². The number of anilines is 1. The summed E-state index contributed by atoms with van der Waals surface area (Å²) < 4.78 is 11.1. The van der Waals surface area contributed by atoms with Crippen molar-refractivity contribution in [1.29, 1.82) is 0 Å². The van der Waals surface area contributed by atoms with Crippen molar-refractivity contribution < 1.29 is 19.1 Å². The van der Waals surface area contributed by atoms with Crippen LogP contribution in [0.25, 0.3) is 0 Å². The van der Waals surface area contributed by atoms with Crippen molar-refractivity contribution in [3.63, 3.8) is 0 Å². The topological polar surface area (TPSA) is 64.6 Å². The number of carbonyl (C=O) groups excluding carboxylic acids is 2. The number of benzene rings is 2. The molecule has 1 aliphatic carbocycles. The Kier molecular flexibility index (Phi) is 7.72. The molecule has 1 fully saturated rings. The number of hydrogen-bond acceptors (Lipinski definition) is 4. The van der Waals surface area contributed by atoms with E-state index in [1.807, 2.05) is 44.2 Å². The highest BCUT2D eigenvalue weighted by atomic mass is 16.5. The first-order chi connectivity index (χ1) is 15.0. The summed E-state index contributed by atoms with van der Waals surface area (Å²) in [5, 5.41) is 3.08. The van der Waals surface area contributed by atoms with E-state index in [2.05, 4.69) is 5.32 Å². The third-order valence-corrected chi connectivity index (χ3v) is 6.10. The number of nitrogens with one attached hydrogen (secondary N) is 1. The summed E-state index contributed by atoms with van der Waals surface area (Å²) in [6.45, 7) is 6.02. The summed E-state index contributed by atoms with van der Waals surface area (Å²) in [5.74, 6) is -0.00242. The normalized spacial score (nSPS) is 16.2. The van der Waals surface area contributed by atoms with Crippen LogP contribution in [-0.2, 0) is 14.9 Å². The van der Waals surface area contributed by atoms with Crippen LogP contribution in [-0.4, -0.2) is 24.6 Å². The molecular weight excluding hydrogens is 390 g/mol. The Morgan fingerprint density at radius 1 is 1.03 bits per heavy atom. The van der Waals surface area contributed by atoms with E-state index >= 15 is 0 Å². The summed E-state index contributed by atoms with van der Waals surface area (Å²) >= 11 is 0. The molecule has 0 bridgehead atoms. The molecular formula is C26H33NO4. The van der Waals surface area contributed by atoms with Gasteiger partial charge in [0.1, 0.15) is 11.3 Å². The van der Waals surface area contributed by atoms with Gasteiger partial charge in [0.15, 0.2) is 0 Å². The van der Waals surface area contributed by atoms with Crippen LogP contribution in [0.1, 0.15) is 75.2 Å². The zero-order valence-electron chi connectivity index (χ0n) is 18.8. The Balaban J connectivity index is 1.90.